The Balaban J connectivity index is 1.45. The van der Waals surface area contributed by atoms with Crippen LogP contribution in [0.25, 0.3) is 11.1 Å². The number of morpholine rings is 1. The van der Waals surface area contributed by atoms with Crippen LogP contribution in [-0.4, -0.2) is 61.6 Å². The molecule has 9 heteroatoms. The first-order valence-electron chi connectivity index (χ1n) is 10.2. The lowest BCUT2D eigenvalue weighted by molar-refractivity contribution is -0.137. The summed E-state index contributed by atoms with van der Waals surface area (Å²) in [5, 5.41) is 4.14. The van der Waals surface area contributed by atoms with Crippen molar-refractivity contribution in [2.75, 3.05) is 45.9 Å². The third kappa shape index (κ3) is 5.00. The van der Waals surface area contributed by atoms with Gasteiger partial charge < -0.3 is 20.2 Å². The molecule has 0 spiro atoms. The molecule has 1 atom stereocenters. The summed E-state index contributed by atoms with van der Waals surface area (Å²) < 4.78 is 43.7. The van der Waals surface area contributed by atoms with Gasteiger partial charge in [-0.15, -0.1) is 0 Å². The number of ether oxygens (including phenoxy) is 1. The summed E-state index contributed by atoms with van der Waals surface area (Å²) in [6, 6.07) is 12.7. The number of hydrogen-bond donors (Lipinski definition) is 1. The van der Waals surface area contributed by atoms with Crippen LogP contribution >= 0.6 is 0 Å². The molecule has 31 heavy (non-hydrogen) atoms. The van der Waals surface area contributed by atoms with E-state index >= 15 is 0 Å². The Morgan fingerprint density at radius 2 is 1.55 bits per heavy atom. The van der Waals surface area contributed by atoms with Gasteiger partial charge in [0.1, 0.15) is 0 Å². The smallest absolute Gasteiger partial charge is 0.379 e. The number of rotatable bonds is 6. The van der Waals surface area contributed by atoms with Crippen molar-refractivity contribution in [3.63, 3.8) is 0 Å². The monoisotopic (exact) mass is 434 g/mol. The topological polar surface area (TPSA) is 63.3 Å². The predicted molar refractivity (Wildman–Crippen MR) is 111 cm³/mol. The van der Waals surface area contributed by atoms with Crippen molar-refractivity contribution >= 4 is 5.84 Å². The Morgan fingerprint density at radius 1 is 0.935 bits per heavy atom. The fraction of sp³-hybridized carbons (Fsp3) is 0.409. The minimum Gasteiger partial charge on any atom is -0.379 e. The molecule has 0 saturated carbocycles. The number of nitrogens with zero attached hydrogens (tertiary/aromatic N) is 3. The number of amidine groups is 1. The second-order valence-corrected chi connectivity index (χ2v) is 7.51. The van der Waals surface area contributed by atoms with Gasteiger partial charge in [-0.2, -0.15) is 13.2 Å². The van der Waals surface area contributed by atoms with Crippen LogP contribution in [-0.2, 0) is 15.8 Å². The first kappa shape index (κ1) is 21.6. The van der Waals surface area contributed by atoms with Gasteiger partial charge in [-0.05, 0) is 23.3 Å². The van der Waals surface area contributed by atoms with E-state index in [-0.39, 0.29) is 12.8 Å². The SMILES string of the molecule is NCC1=NOC(c2ccc(-c3ccc(C(F)(F)F)cc3)cc2)N1CCN1CCOCC1. The van der Waals surface area contributed by atoms with Crippen LogP contribution in [0, 0.1) is 0 Å². The molecule has 0 bridgehead atoms. The van der Waals surface area contributed by atoms with E-state index in [1.165, 1.54) is 12.1 Å². The molecule has 2 aromatic carbocycles. The van der Waals surface area contributed by atoms with E-state index in [0.29, 0.717) is 5.84 Å². The van der Waals surface area contributed by atoms with Gasteiger partial charge in [-0.3, -0.25) is 4.90 Å². The summed E-state index contributed by atoms with van der Waals surface area (Å²) in [7, 11) is 0. The molecule has 2 aromatic rings. The number of halogens is 3. The van der Waals surface area contributed by atoms with Crippen molar-refractivity contribution in [1.29, 1.82) is 0 Å². The lowest BCUT2D eigenvalue weighted by Gasteiger charge is -2.31. The molecule has 2 heterocycles. The van der Waals surface area contributed by atoms with E-state index in [1.807, 2.05) is 24.3 Å². The van der Waals surface area contributed by atoms with Gasteiger partial charge in [0.05, 0.1) is 25.3 Å². The number of alkyl halides is 3. The summed E-state index contributed by atoms with van der Waals surface area (Å²) in [4.78, 5) is 10.1. The van der Waals surface area contributed by atoms with E-state index in [9.17, 15) is 13.2 Å². The minimum atomic E-state index is -4.34. The number of nitrogens with two attached hydrogens (primary N) is 1. The molecular formula is C22H25F3N4O2. The Morgan fingerprint density at radius 3 is 2.13 bits per heavy atom. The second kappa shape index (κ2) is 9.25. The van der Waals surface area contributed by atoms with Crippen molar-refractivity contribution in [3.05, 3.63) is 59.7 Å². The maximum Gasteiger partial charge on any atom is 0.416 e. The lowest BCUT2D eigenvalue weighted by Crippen LogP contribution is -2.44. The van der Waals surface area contributed by atoms with Crippen LogP contribution in [0.2, 0.25) is 0 Å². The van der Waals surface area contributed by atoms with Crippen LogP contribution in [0.5, 0.6) is 0 Å². The van der Waals surface area contributed by atoms with Gasteiger partial charge >= 0.3 is 6.18 Å². The van der Waals surface area contributed by atoms with E-state index in [4.69, 9.17) is 15.3 Å². The number of oxime groups is 1. The van der Waals surface area contributed by atoms with E-state index in [0.717, 1.165) is 68.2 Å². The van der Waals surface area contributed by atoms with Crippen LogP contribution in [0.15, 0.2) is 53.7 Å². The fourth-order valence-corrected chi connectivity index (χ4v) is 3.76. The number of benzene rings is 2. The molecule has 1 saturated heterocycles. The minimum absolute atomic E-state index is 0.281. The quantitative estimate of drug-likeness (QED) is 0.756. The largest absolute Gasteiger partial charge is 0.416 e. The molecule has 2 aliphatic rings. The van der Waals surface area contributed by atoms with Crippen LogP contribution in [0.1, 0.15) is 17.4 Å². The Kier molecular flexibility index (Phi) is 6.45. The summed E-state index contributed by atoms with van der Waals surface area (Å²) in [6.07, 6.45) is -4.71. The molecule has 0 aliphatic carbocycles. The van der Waals surface area contributed by atoms with Crippen molar-refractivity contribution < 1.29 is 22.7 Å². The Bertz CT molecular complexity index is 894. The highest BCUT2D eigenvalue weighted by Crippen LogP contribution is 2.32. The molecule has 1 unspecified atom stereocenters. The molecule has 0 radical (unpaired) electrons. The van der Waals surface area contributed by atoms with Crippen molar-refractivity contribution in [3.8, 4) is 11.1 Å². The third-order valence-electron chi connectivity index (χ3n) is 5.56. The Labute approximate surface area is 179 Å². The molecular weight excluding hydrogens is 409 g/mol. The zero-order chi connectivity index (χ0) is 21.8. The van der Waals surface area contributed by atoms with Gasteiger partial charge in [0.15, 0.2) is 5.84 Å². The van der Waals surface area contributed by atoms with Crippen molar-refractivity contribution in [1.82, 2.24) is 9.80 Å². The van der Waals surface area contributed by atoms with E-state index < -0.39 is 11.7 Å². The zero-order valence-electron chi connectivity index (χ0n) is 17.0. The predicted octanol–water partition coefficient (Wildman–Crippen LogP) is 3.31. The maximum atomic E-state index is 12.8. The highest BCUT2D eigenvalue weighted by Gasteiger charge is 2.31. The van der Waals surface area contributed by atoms with E-state index in [2.05, 4.69) is 15.0 Å². The average molecular weight is 434 g/mol. The molecule has 0 aromatic heterocycles. The molecule has 0 amide bonds. The van der Waals surface area contributed by atoms with Crippen LogP contribution < -0.4 is 5.73 Å². The summed E-state index contributed by atoms with van der Waals surface area (Å²) >= 11 is 0. The molecule has 4 rings (SSSR count). The first-order chi connectivity index (χ1) is 15.0. The molecule has 2 N–H and O–H groups in total. The standard InChI is InChI=1S/C22H25F3N4O2/c23-22(24,25)19-7-5-17(6-8-19)16-1-3-18(4-2-16)21-29(20(15-26)27-31-21)10-9-28-11-13-30-14-12-28/h1-8,21H,9-15,26H2. The average Bonchev–Trinajstić information content (AvgIpc) is 3.21. The normalized spacial score (nSPS) is 19.9. The van der Waals surface area contributed by atoms with Crippen molar-refractivity contribution in [2.24, 2.45) is 10.9 Å². The number of hydrogen-bond acceptors (Lipinski definition) is 6. The van der Waals surface area contributed by atoms with Gasteiger partial charge in [0.2, 0.25) is 6.23 Å². The lowest BCUT2D eigenvalue weighted by atomic mass is 10.0. The van der Waals surface area contributed by atoms with Gasteiger partial charge in [0, 0.05) is 31.7 Å². The Hall–Kier alpha value is -2.62. The maximum absolute atomic E-state index is 12.8. The van der Waals surface area contributed by atoms with Gasteiger partial charge in [-0.1, -0.05) is 41.6 Å². The molecule has 6 nitrogen and oxygen atoms in total. The van der Waals surface area contributed by atoms with Crippen LogP contribution in [0.3, 0.4) is 0 Å². The highest BCUT2D eigenvalue weighted by molar-refractivity contribution is 5.84. The zero-order valence-corrected chi connectivity index (χ0v) is 17.0. The van der Waals surface area contributed by atoms with Crippen molar-refractivity contribution in [2.45, 2.75) is 12.4 Å². The van der Waals surface area contributed by atoms with Crippen LogP contribution in [0.4, 0.5) is 13.2 Å². The summed E-state index contributed by atoms with van der Waals surface area (Å²) in [5.74, 6) is 0.699. The molecule has 2 aliphatic heterocycles. The molecule has 166 valence electrons. The summed E-state index contributed by atoms with van der Waals surface area (Å²) in [5.41, 5.74) is 7.65. The second-order valence-electron chi connectivity index (χ2n) is 7.51. The van der Waals surface area contributed by atoms with Gasteiger partial charge in [-0.25, -0.2) is 0 Å². The third-order valence-corrected chi connectivity index (χ3v) is 5.56. The summed E-state index contributed by atoms with van der Waals surface area (Å²) in [6.45, 7) is 5.13. The fourth-order valence-electron chi connectivity index (χ4n) is 3.76. The van der Waals surface area contributed by atoms with E-state index in [1.54, 1.807) is 0 Å². The highest BCUT2D eigenvalue weighted by atomic mass is 19.4. The molecule has 1 fully saturated rings. The van der Waals surface area contributed by atoms with Gasteiger partial charge in [0.25, 0.3) is 0 Å². The first-order valence-corrected chi connectivity index (χ1v) is 10.2.